The lowest BCUT2D eigenvalue weighted by Crippen LogP contribution is -2.19. The molecule has 1 aromatic rings. The molecule has 0 N–H and O–H groups in total. The Balaban J connectivity index is 2.25. The van der Waals surface area contributed by atoms with Crippen molar-refractivity contribution in [2.24, 2.45) is 0 Å². The van der Waals surface area contributed by atoms with Crippen LogP contribution >= 0.6 is 0 Å². The molecular formula is C9H13N2O. The lowest BCUT2D eigenvalue weighted by Gasteiger charge is -2.09. The molecule has 1 heterocycles. The molecular weight excluding hydrogens is 152 g/mol. The summed E-state index contributed by atoms with van der Waals surface area (Å²) in [5, 5.41) is 0. The van der Waals surface area contributed by atoms with Crippen LogP contribution in [0.3, 0.4) is 0 Å². The number of hydrogen-bond donors (Lipinski definition) is 0. The van der Waals surface area contributed by atoms with Crippen LogP contribution in [-0.4, -0.2) is 37.1 Å². The third-order valence-corrected chi connectivity index (χ3v) is 1.37. The second kappa shape index (κ2) is 4.72. The van der Waals surface area contributed by atoms with Crippen LogP contribution in [0.5, 0.6) is 5.75 Å². The third kappa shape index (κ3) is 3.34. The summed E-state index contributed by atoms with van der Waals surface area (Å²) in [4.78, 5) is 5.98. The fourth-order valence-corrected chi connectivity index (χ4v) is 0.728. The molecule has 0 aliphatic carbocycles. The minimum Gasteiger partial charge on any atom is -0.490 e. The molecule has 0 amide bonds. The molecule has 1 radical (unpaired) electrons. The Morgan fingerprint density at radius 1 is 1.58 bits per heavy atom. The third-order valence-electron chi connectivity index (χ3n) is 1.37. The maximum absolute atomic E-state index is 5.36. The first-order chi connectivity index (χ1) is 5.79. The van der Waals surface area contributed by atoms with E-state index in [1.807, 2.05) is 14.1 Å². The van der Waals surface area contributed by atoms with Crippen LogP contribution in [-0.2, 0) is 0 Å². The first-order valence-electron chi connectivity index (χ1n) is 3.88. The van der Waals surface area contributed by atoms with Gasteiger partial charge in [-0.3, -0.25) is 4.98 Å². The molecule has 0 saturated heterocycles. The zero-order valence-corrected chi connectivity index (χ0v) is 7.45. The predicted octanol–water partition coefficient (Wildman–Crippen LogP) is 0.822. The van der Waals surface area contributed by atoms with E-state index in [1.165, 1.54) is 0 Å². The van der Waals surface area contributed by atoms with Crippen LogP contribution in [0.1, 0.15) is 0 Å². The molecule has 0 aromatic carbocycles. The molecule has 0 aliphatic heterocycles. The van der Waals surface area contributed by atoms with E-state index in [9.17, 15) is 0 Å². The zero-order chi connectivity index (χ0) is 8.81. The lowest BCUT2D eigenvalue weighted by atomic mass is 10.5. The standard InChI is InChI=1S/C9H13N2O/c1-11(2)6-7-12-9-4-3-5-10-8-9/h3,5,8H,6-7H2,1-2H3. The first kappa shape index (κ1) is 9.00. The monoisotopic (exact) mass is 165 g/mol. The molecule has 0 spiro atoms. The quantitative estimate of drug-likeness (QED) is 0.660. The van der Waals surface area contributed by atoms with Crippen LogP contribution in [0.4, 0.5) is 0 Å². The Labute approximate surface area is 73.0 Å². The maximum Gasteiger partial charge on any atom is 0.145 e. The van der Waals surface area contributed by atoms with E-state index >= 15 is 0 Å². The second-order valence-electron chi connectivity index (χ2n) is 2.75. The van der Waals surface area contributed by atoms with E-state index in [-0.39, 0.29) is 0 Å². The van der Waals surface area contributed by atoms with Crippen molar-refractivity contribution in [3.63, 3.8) is 0 Å². The van der Waals surface area contributed by atoms with Gasteiger partial charge in [-0.15, -0.1) is 0 Å². The van der Waals surface area contributed by atoms with E-state index < -0.39 is 0 Å². The zero-order valence-electron chi connectivity index (χ0n) is 7.45. The highest BCUT2D eigenvalue weighted by molar-refractivity contribution is 5.13. The molecule has 12 heavy (non-hydrogen) atoms. The van der Waals surface area contributed by atoms with E-state index in [1.54, 1.807) is 18.5 Å². The Morgan fingerprint density at radius 3 is 3.00 bits per heavy atom. The summed E-state index contributed by atoms with van der Waals surface area (Å²) in [6.45, 7) is 1.58. The van der Waals surface area contributed by atoms with Gasteiger partial charge in [0.2, 0.25) is 0 Å². The normalized spacial score (nSPS) is 10.2. The smallest absolute Gasteiger partial charge is 0.145 e. The minimum absolute atomic E-state index is 0.676. The summed E-state index contributed by atoms with van der Waals surface area (Å²) < 4.78 is 5.36. The molecule has 0 atom stereocenters. The van der Waals surface area contributed by atoms with Gasteiger partial charge in [0.05, 0.1) is 6.20 Å². The molecule has 3 heteroatoms. The topological polar surface area (TPSA) is 25.4 Å². The van der Waals surface area contributed by atoms with Crippen LogP contribution in [0.15, 0.2) is 18.5 Å². The van der Waals surface area contributed by atoms with Crippen molar-refractivity contribution in [3.05, 3.63) is 24.5 Å². The van der Waals surface area contributed by atoms with Crippen molar-refractivity contribution < 1.29 is 4.74 Å². The molecule has 0 bridgehead atoms. The van der Waals surface area contributed by atoms with E-state index in [2.05, 4.69) is 16.0 Å². The fraction of sp³-hybridized carbons (Fsp3) is 0.444. The number of pyridine rings is 1. The molecule has 0 fully saturated rings. The number of hydrogen-bond acceptors (Lipinski definition) is 3. The van der Waals surface area contributed by atoms with E-state index in [4.69, 9.17) is 4.74 Å². The molecule has 3 nitrogen and oxygen atoms in total. The summed E-state index contributed by atoms with van der Waals surface area (Å²) in [7, 11) is 4.02. The minimum atomic E-state index is 0.676. The van der Waals surface area contributed by atoms with Gasteiger partial charge in [-0.2, -0.15) is 0 Å². The largest absolute Gasteiger partial charge is 0.490 e. The summed E-state index contributed by atoms with van der Waals surface area (Å²) in [5.74, 6) is 0.708. The Morgan fingerprint density at radius 2 is 2.42 bits per heavy atom. The Kier molecular flexibility index (Phi) is 3.54. The van der Waals surface area contributed by atoms with Gasteiger partial charge in [0, 0.05) is 18.8 Å². The SMILES string of the molecule is CN(C)CCOc1[c]ccnc1. The highest BCUT2D eigenvalue weighted by atomic mass is 16.5. The van der Waals surface area contributed by atoms with E-state index in [0.29, 0.717) is 12.4 Å². The molecule has 1 rings (SSSR count). The van der Waals surface area contributed by atoms with Gasteiger partial charge in [0.15, 0.2) is 0 Å². The fourth-order valence-electron chi connectivity index (χ4n) is 0.728. The van der Waals surface area contributed by atoms with Crippen LogP contribution in [0, 0.1) is 6.07 Å². The Bertz CT molecular complexity index is 211. The number of ether oxygens (including phenoxy) is 1. The predicted molar refractivity (Wildman–Crippen MR) is 47.1 cm³/mol. The van der Waals surface area contributed by atoms with Gasteiger partial charge in [0.25, 0.3) is 0 Å². The van der Waals surface area contributed by atoms with Gasteiger partial charge in [-0.25, -0.2) is 0 Å². The first-order valence-corrected chi connectivity index (χ1v) is 3.88. The second-order valence-corrected chi connectivity index (χ2v) is 2.75. The van der Waals surface area contributed by atoms with Crippen LogP contribution in [0.25, 0.3) is 0 Å². The number of nitrogens with zero attached hydrogens (tertiary/aromatic N) is 2. The highest BCUT2D eigenvalue weighted by Crippen LogP contribution is 2.03. The maximum atomic E-state index is 5.36. The summed E-state index contributed by atoms with van der Waals surface area (Å²) >= 11 is 0. The highest BCUT2D eigenvalue weighted by Gasteiger charge is 1.93. The van der Waals surface area contributed by atoms with Gasteiger partial charge in [0.1, 0.15) is 12.4 Å². The Hall–Kier alpha value is -1.09. The molecule has 0 saturated carbocycles. The molecule has 0 aliphatic rings. The van der Waals surface area contributed by atoms with Gasteiger partial charge < -0.3 is 9.64 Å². The van der Waals surface area contributed by atoms with Crippen LogP contribution in [0.2, 0.25) is 0 Å². The number of rotatable bonds is 4. The summed E-state index contributed by atoms with van der Waals surface area (Å²) in [5.41, 5.74) is 0. The van der Waals surface area contributed by atoms with Crippen molar-refractivity contribution >= 4 is 0 Å². The van der Waals surface area contributed by atoms with Crippen molar-refractivity contribution in [2.75, 3.05) is 27.2 Å². The average molecular weight is 165 g/mol. The molecule has 65 valence electrons. The van der Waals surface area contributed by atoms with Crippen molar-refractivity contribution in [1.82, 2.24) is 9.88 Å². The van der Waals surface area contributed by atoms with Crippen molar-refractivity contribution in [3.8, 4) is 5.75 Å². The van der Waals surface area contributed by atoms with Crippen LogP contribution < -0.4 is 4.74 Å². The van der Waals surface area contributed by atoms with E-state index in [0.717, 1.165) is 6.54 Å². The number of aromatic nitrogens is 1. The average Bonchev–Trinajstić information content (AvgIpc) is 2.05. The van der Waals surface area contributed by atoms with Crippen molar-refractivity contribution in [1.29, 1.82) is 0 Å². The summed E-state index contributed by atoms with van der Waals surface area (Å²) in [6.07, 6.45) is 3.34. The molecule has 1 aromatic heterocycles. The van der Waals surface area contributed by atoms with Gasteiger partial charge in [-0.05, 0) is 20.2 Å². The lowest BCUT2D eigenvalue weighted by molar-refractivity contribution is 0.260. The number of likely N-dealkylation sites (N-methyl/N-ethyl adjacent to an activating group) is 1. The van der Waals surface area contributed by atoms with Gasteiger partial charge >= 0.3 is 0 Å². The molecule has 0 unspecified atom stereocenters. The summed E-state index contributed by atoms with van der Waals surface area (Å²) in [6, 6.07) is 4.68. The van der Waals surface area contributed by atoms with Gasteiger partial charge in [-0.1, -0.05) is 0 Å². The van der Waals surface area contributed by atoms with Crippen molar-refractivity contribution in [2.45, 2.75) is 0 Å².